The third-order valence-corrected chi connectivity index (χ3v) is 6.83. The number of hydrazone groups is 1. The molecule has 0 radical (unpaired) electrons. The van der Waals surface area contributed by atoms with Crippen molar-refractivity contribution < 1.29 is 19.1 Å². The Bertz CT molecular complexity index is 1090. The van der Waals surface area contributed by atoms with Crippen LogP contribution in [0.1, 0.15) is 37.1 Å². The maximum Gasteiger partial charge on any atom is 0.317 e. The van der Waals surface area contributed by atoms with Crippen LogP contribution in [0.4, 0.5) is 4.79 Å². The van der Waals surface area contributed by atoms with Gasteiger partial charge in [0.05, 0.1) is 37.8 Å². The van der Waals surface area contributed by atoms with E-state index in [2.05, 4.69) is 10.2 Å². The van der Waals surface area contributed by atoms with Crippen LogP contribution in [0.25, 0.3) is 0 Å². The monoisotopic (exact) mass is 510 g/mol. The van der Waals surface area contributed by atoms with Gasteiger partial charge in [-0.3, -0.25) is 9.69 Å². The van der Waals surface area contributed by atoms with Crippen molar-refractivity contribution in [1.29, 1.82) is 0 Å². The molecule has 10 nitrogen and oxygen atoms in total. The number of morpholine rings is 1. The van der Waals surface area contributed by atoms with E-state index in [0.717, 1.165) is 36.5 Å². The van der Waals surface area contributed by atoms with Crippen LogP contribution in [-0.4, -0.2) is 96.6 Å². The Balaban J connectivity index is 1.57. The van der Waals surface area contributed by atoms with E-state index in [9.17, 15) is 9.59 Å². The lowest BCUT2D eigenvalue weighted by Crippen LogP contribution is -2.49. The molecule has 2 aliphatic heterocycles. The number of benzene rings is 1. The molecule has 37 heavy (non-hydrogen) atoms. The van der Waals surface area contributed by atoms with Gasteiger partial charge in [-0.2, -0.15) is 5.10 Å². The summed E-state index contributed by atoms with van der Waals surface area (Å²) in [5.74, 6) is 0.479. The smallest absolute Gasteiger partial charge is 0.317 e. The highest BCUT2D eigenvalue weighted by Crippen LogP contribution is 2.37. The second kappa shape index (κ2) is 12.7. The van der Waals surface area contributed by atoms with E-state index < -0.39 is 0 Å². The van der Waals surface area contributed by atoms with Gasteiger partial charge in [0, 0.05) is 58.0 Å². The fraction of sp³-hybridized carbons (Fsp3) is 0.519. The van der Waals surface area contributed by atoms with E-state index in [1.807, 2.05) is 61.1 Å². The van der Waals surface area contributed by atoms with E-state index >= 15 is 0 Å². The van der Waals surface area contributed by atoms with Gasteiger partial charge in [0.1, 0.15) is 12.3 Å². The summed E-state index contributed by atoms with van der Waals surface area (Å²) in [6.07, 6.45) is 3.34. The van der Waals surface area contributed by atoms with Crippen LogP contribution in [0.15, 0.2) is 47.7 Å². The third-order valence-electron chi connectivity index (χ3n) is 6.83. The second-order valence-electron chi connectivity index (χ2n) is 9.36. The molecule has 1 aromatic heterocycles. The topological polar surface area (TPSA) is 91.6 Å². The first-order valence-electron chi connectivity index (χ1n) is 13.0. The molecule has 2 aliphatic rings. The summed E-state index contributed by atoms with van der Waals surface area (Å²) in [6, 6.07) is 11.1. The molecule has 10 heteroatoms. The zero-order chi connectivity index (χ0) is 26.2. The number of methoxy groups -OCH3 is 1. The number of ether oxygens (including phenoxy) is 2. The third kappa shape index (κ3) is 6.50. The predicted octanol–water partition coefficient (Wildman–Crippen LogP) is 2.47. The van der Waals surface area contributed by atoms with Crippen LogP contribution in [-0.2, 0) is 16.6 Å². The minimum absolute atomic E-state index is 0.0601. The summed E-state index contributed by atoms with van der Waals surface area (Å²) in [7, 11) is 3.59. The molecule has 1 saturated heterocycles. The molecular weight excluding hydrogens is 472 g/mol. The maximum absolute atomic E-state index is 13.8. The van der Waals surface area contributed by atoms with Crippen molar-refractivity contribution in [3.05, 3.63) is 53.9 Å². The Morgan fingerprint density at radius 3 is 2.68 bits per heavy atom. The molecule has 3 amide bonds. The number of hydrogen-bond acceptors (Lipinski definition) is 6. The van der Waals surface area contributed by atoms with Gasteiger partial charge in [-0.15, -0.1) is 0 Å². The van der Waals surface area contributed by atoms with Crippen molar-refractivity contribution in [2.24, 2.45) is 12.1 Å². The Hall–Kier alpha value is -3.37. The number of rotatable bonds is 10. The highest BCUT2D eigenvalue weighted by molar-refractivity contribution is 6.02. The van der Waals surface area contributed by atoms with Crippen LogP contribution in [0.2, 0.25) is 0 Å². The van der Waals surface area contributed by atoms with Crippen molar-refractivity contribution in [3.8, 4) is 5.75 Å². The average molecular weight is 511 g/mol. The van der Waals surface area contributed by atoms with Crippen LogP contribution >= 0.6 is 0 Å². The molecule has 200 valence electrons. The molecule has 0 aliphatic carbocycles. The fourth-order valence-electron chi connectivity index (χ4n) is 4.76. The largest absolute Gasteiger partial charge is 0.496 e. The molecule has 0 spiro atoms. The molecule has 2 aromatic rings. The SMILES string of the molecule is CCCNC(=O)N(CCN1CCOCC1)CC(=O)N1N=C(c2cccn2C)C[C@@H]1c1ccccc1OC. The Labute approximate surface area is 218 Å². The van der Waals surface area contributed by atoms with Gasteiger partial charge < -0.3 is 24.3 Å². The number of urea groups is 1. The molecule has 1 N–H and O–H groups in total. The van der Waals surface area contributed by atoms with Crippen molar-refractivity contribution in [2.45, 2.75) is 25.8 Å². The quantitative estimate of drug-likeness (QED) is 0.530. The van der Waals surface area contributed by atoms with Crippen LogP contribution < -0.4 is 10.1 Å². The van der Waals surface area contributed by atoms with E-state index in [1.165, 1.54) is 5.01 Å². The second-order valence-corrected chi connectivity index (χ2v) is 9.36. The number of nitrogens with zero attached hydrogens (tertiary/aromatic N) is 5. The highest BCUT2D eigenvalue weighted by atomic mass is 16.5. The first kappa shape index (κ1) is 26.7. The molecule has 0 unspecified atom stereocenters. The minimum Gasteiger partial charge on any atom is -0.496 e. The number of nitrogens with one attached hydrogen (secondary N) is 1. The number of aromatic nitrogens is 1. The fourth-order valence-corrected chi connectivity index (χ4v) is 4.76. The lowest BCUT2D eigenvalue weighted by atomic mass is 9.99. The summed E-state index contributed by atoms with van der Waals surface area (Å²) < 4.78 is 13.1. The summed E-state index contributed by atoms with van der Waals surface area (Å²) in [4.78, 5) is 30.7. The van der Waals surface area contributed by atoms with Gasteiger partial charge in [0.15, 0.2) is 0 Å². The average Bonchev–Trinajstić information content (AvgIpc) is 3.56. The van der Waals surface area contributed by atoms with Gasteiger partial charge >= 0.3 is 6.03 Å². The lowest BCUT2D eigenvalue weighted by Gasteiger charge is -2.31. The molecule has 1 fully saturated rings. The van der Waals surface area contributed by atoms with Crippen LogP contribution in [0.5, 0.6) is 5.75 Å². The van der Waals surface area contributed by atoms with E-state index in [-0.39, 0.29) is 24.5 Å². The number of para-hydroxylation sites is 1. The first-order valence-corrected chi connectivity index (χ1v) is 13.0. The zero-order valence-corrected chi connectivity index (χ0v) is 22.1. The van der Waals surface area contributed by atoms with Crippen LogP contribution in [0, 0.1) is 0 Å². The van der Waals surface area contributed by atoms with E-state index in [0.29, 0.717) is 45.0 Å². The number of amides is 3. The number of carbonyl (C=O) groups excluding carboxylic acids is 2. The van der Waals surface area contributed by atoms with Gasteiger partial charge in [-0.25, -0.2) is 9.80 Å². The van der Waals surface area contributed by atoms with Crippen molar-refractivity contribution in [2.75, 3.05) is 59.6 Å². The van der Waals surface area contributed by atoms with Gasteiger partial charge in [-0.1, -0.05) is 25.1 Å². The molecule has 0 bridgehead atoms. The first-order chi connectivity index (χ1) is 18.0. The summed E-state index contributed by atoms with van der Waals surface area (Å²) >= 11 is 0. The standard InChI is InChI=1S/C27H38N6O4/c1-4-11-28-27(35)32(14-13-31-15-17-37-18-16-31)20-26(34)33-24(21-8-5-6-10-25(21)36-3)19-22(29-33)23-9-7-12-30(23)2/h5-10,12,24H,4,11,13-20H2,1-3H3,(H,28,35)/t24-/m1/s1. The van der Waals surface area contributed by atoms with Crippen molar-refractivity contribution in [1.82, 2.24) is 24.7 Å². The minimum atomic E-state index is -0.326. The molecule has 3 heterocycles. The lowest BCUT2D eigenvalue weighted by molar-refractivity contribution is -0.133. The van der Waals surface area contributed by atoms with Gasteiger partial charge in [0.25, 0.3) is 5.91 Å². The Morgan fingerprint density at radius 1 is 1.19 bits per heavy atom. The molecular formula is C27H38N6O4. The predicted molar refractivity (Wildman–Crippen MR) is 142 cm³/mol. The normalized spacial score (nSPS) is 18.0. The summed E-state index contributed by atoms with van der Waals surface area (Å²) in [5.41, 5.74) is 2.67. The Kier molecular flexibility index (Phi) is 9.19. The van der Waals surface area contributed by atoms with E-state index in [4.69, 9.17) is 14.6 Å². The molecule has 1 aromatic carbocycles. The van der Waals surface area contributed by atoms with E-state index in [1.54, 1.807) is 12.0 Å². The van der Waals surface area contributed by atoms with Crippen molar-refractivity contribution in [3.63, 3.8) is 0 Å². The van der Waals surface area contributed by atoms with Gasteiger partial charge in [-0.05, 0) is 24.6 Å². The number of hydrogen-bond donors (Lipinski definition) is 1. The van der Waals surface area contributed by atoms with Crippen molar-refractivity contribution >= 4 is 17.6 Å². The maximum atomic E-state index is 13.8. The van der Waals surface area contributed by atoms with Gasteiger partial charge in [0.2, 0.25) is 0 Å². The highest BCUT2D eigenvalue weighted by Gasteiger charge is 2.36. The molecule has 0 saturated carbocycles. The zero-order valence-electron chi connectivity index (χ0n) is 22.1. The summed E-state index contributed by atoms with van der Waals surface area (Å²) in [5, 5.41) is 9.25. The number of aryl methyl sites for hydroxylation is 1. The molecule has 4 rings (SSSR count). The number of carbonyl (C=O) groups is 2. The Morgan fingerprint density at radius 2 is 1.97 bits per heavy atom. The molecule has 1 atom stereocenters. The van der Waals surface area contributed by atoms with Crippen LogP contribution in [0.3, 0.4) is 0 Å². The summed E-state index contributed by atoms with van der Waals surface area (Å²) in [6.45, 7) is 6.66.